The van der Waals surface area contributed by atoms with Crippen molar-refractivity contribution in [3.8, 4) is 11.5 Å². The highest BCUT2D eigenvalue weighted by atomic mass is 35.5. The summed E-state index contributed by atoms with van der Waals surface area (Å²) in [5, 5.41) is 2.57. The average Bonchev–Trinajstić information content (AvgIpc) is 2.56. The van der Waals surface area contributed by atoms with Crippen LogP contribution < -0.4 is 14.8 Å². The summed E-state index contributed by atoms with van der Waals surface area (Å²) in [4.78, 5) is 11.8. The van der Waals surface area contributed by atoms with Crippen LogP contribution in [0.5, 0.6) is 11.5 Å². The number of rotatable bonds is 6. The number of methoxy groups -OCH3 is 1. The zero-order chi connectivity index (χ0) is 18.4. The van der Waals surface area contributed by atoms with Crippen LogP contribution in [0, 0.1) is 5.82 Å². The molecule has 0 aliphatic rings. The number of nitrogens with one attached hydrogen (secondary N) is 1. The van der Waals surface area contributed by atoms with Gasteiger partial charge in [0.15, 0.2) is 11.5 Å². The maximum atomic E-state index is 13.6. The Morgan fingerprint density at radius 1 is 1.20 bits per heavy atom. The molecule has 0 heterocycles. The summed E-state index contributed by atoms with van der Waals surface area (Å²) < 4.78 is 47.4. The number of alkyl halides is 2. The van der Waals surface area contributed by atoms with Gasteiger partial charge in [0.25, 0.3) is 0 Å². The van der Waals surface area contributed by atoms with Gasteiger partial charge in [-0.3, -0.25) is 4.79 Å². The Bertz CT molecular complexity index is 797. The quantitative estimate of drug-likeness (QED) is 0.746. The summed E-state index contributed by atoms with van der Waals surface area (Å²) >= 11 is 5.63. The molecule has 2 aromatic rings. The second-order valence-electron chi connectivity index (χ2n) is 4.74. The van der Waals surface area contributed by atoms with Gasteiger partial charge in [0, 0.05) is 11.1 Å². The van der Waals surface area contributed by atoms with Gasteiger partial charge in [-0.15, -0.1) is 0 Å². The fraction of sp³-hybridized carbons (Fsp3) is 0.118. The first kappa shape index (κ1) is 18.7. The normalized spacial score (nSPS) is 11.0. The second-order valence-corrected chi connectivity index (χ2v) is 5.17. The average molecular weight is 372 g/mol. The van der Waals surface area contributed by atoms with Crippen LogP contribution in [-0.2, 0) is 4.79 Å². The monoisotopic (exact) mass is 371 g/mol. The van der Waals surface area contributed by atoms with E-state index in [1.165, 1.54) is 43.5 Å². The molecule has 132 valence electrons. The van der Waals surface area contributed by atoms with E-state index in [9.17, 15) is 18.0 Å². The molecule has 0 atom stereocenters. The highest BCUT2D eigenvalue weighted by Gasteiger charge is 2.10. The fourth-order valence-corrected chi connectivity index (χ4v) is 2.08. The van der Waals surface area contributed by atoms with Gasteiger partial charge in [-0.05, 0) is 42.0 Å². The van der Waals surface area contributed by atoms with Gasteiger partial charge in [-0.1, -0.05) is 17.7 Å². The van der Waals surface area contributed by atoms with E-state index >= 15 is 0 Å². The second kappa shape index (κ2) is 8.43. The third-order valence-corrected chi connectivity index (χ3v) is 3.25. The highest BCUT2D eigenvalue weighted by Crippen LogP contribution is 2.29. The van der Waals surface area contributed by atoms with Crippen molar-refractivity contribution in [1.82, 2.24) is 0 Å². The number of hydrogen-bond acceptors (Lipinski definition) is 3. The van der Waals surface area contributed by atoms with E-state index < -0.39 is 18.3 Å². The molecule has 2 rings (SSSR count). The topological polar surface area (TPSA) is 47.6 Å². The van der Waals surface area contributed by atoms with Gasteiger partial charge in [0.05, 0.1) is 12.8 Å². The number of amides is 1. The smallest absolute Gasteiger partial charge is 0.387 e. The molecule has 25 heavy (non-hydrogen) atoms. The van der Waals surface area contributed by atoms with Crippen LogP contribution in [0.2, 0.25) is 5.02 Å². The molecule has 0 fully saturated rings. The zero-order valence-corrected chi connectivity index (χ0v) is 13.7. The predicted octanol–water partition coefficient (Wildman–Crippen LogP) is 4.74. The molecule has 0 saturated carbocycles. The Labute approximate surface area is 146 Å². The van der Waals surface area contributed by atoms with E-state index in [1.807, 2.05) is 0 Å². The lowest BCUT2D eigenvalue weighted by molar-refractivity contribution is -0.111. The number of halogens is 4. The standard InChI is InChI=1S/C17H13ClF3NO3/c1-24-15-8-10(2-6-14(15)25-17(20)21)3-7-16(23)22-13-5-4-11(18)9-12(13)19/h2-9,17H,1H3,(H,22,23). The number of ether oxygens (including phenoxy) is 2. The molecule has 4 nitrogen and oxygen atoms in total. The first-order chi connectivity index (χ1) is 11.9. The summed E-state index contributed by atoms with van der Waals surface area (Å²) in [6.07, 6.45) is 2.58. The van der Waals surface area contributed by atoms with Gasteiger partial charge in [0.1, 0.15) is 5.82 Å². The number of anilines is 1. The maximum Gasteiger partial charge on any atom is 0.387 e. The summed E-state index contributed by atoms with van der Waals surface area (Å²) in [6.45, 7) is -2.98. The Morgan fingerprint density at radius 2 is 1.96 bits per heavy atom. The van der Waals surface area contributed by atoms with E-state index in [-0.39, 0.29) is 22.2 Å². The number of carbonyl (C=O) groups is 1. The van der Waals surface area contributed by atoms with E-state index in [0.29, 0.717) is 5.56 Å². The lowest BCUT2D eigenvalue weighted by Crippen LogP contribution is -2.09. The van der Waals surface area contributed by atoms with Crippen LogP contribution in [0.1, 0.15) is 5.56 Å². The van der Waals surface area contributed by atoms with Crippen molar-refractivity contribution in [2.24, 2.45) is 0 Å². The minimum Gasteiger partial charge on any atom is -0.493 e. The first-order valence-electron chi connectivity index (χ1n) is 6.96. The molecular formula is C17H13ClF3NO3. The molecule has 2 aromatic carbocycles. The SMILES string of the molecule is COc1cc(C=CC(=O)Nc2ccc(Cl)cc2F)ccc1OC(F)F. The summed E-state index contributed by atoms with van der Waals surface area (Å²) in [5.41, 5.74) is 0.488. The van der Waals surface area contributed by atoms with Crippen LogP contribution >= 0.6 is 11.6 Å². The lowest BCUT2D eigenvalue weighted by Gasteiger charge is -2.10. The van der Waals surface area contributed by atoms with Crippen molar-refractivity contribution in [3.05, 3.63) is 58.9 Å². The fourth-order valence-electron chi connectivity index (χ4n) is 1.92. The molecule has 0 aromatic heterocycles. The predicted molar refractivity (Wildman–Crippen MR) is 88.7 cm³/mol. The van der Waals surface area contributed by atoms with Crippen molar-refractivity contribution in [1.29, 1.82) is 0 Å². The van der Waals surface area contributed by atoms with Crippen molar-refractivity contribution in [2.45, 2.75) is 6.61 Å². The third kappa shape index (κ3) is 5.42. The minimum atomic E-state index is -2.98. The third-order valence-electron chi connectivity index (χ3n) is 3.02. The molecule has 8 heteroatoms. The number of benzene rings is 2. The molecule has 1 N–H and O–H groups in total. The molecule has 0 aliphatic heterocycles. The molecule has 1 amide bonds. The number of carbonyl (C=O) groups excluding carboxylic acids is 1. The van der Waals surface area contributed by atoms with Crippen molar-refractivity contribution in [3.63, 3.8) is 0 Å². The van der Waals surface area contributed by atoms with Crippen LogP contribution in [-0.4, -0.2) is 19.6 Å². The zero-order valence-electron chi connectivity index (χ0n) is 12.9. The summed E-state index contributed by atoms with van der Waals surface area (Å²) in [7, 11) is 1.30. The van der Waals surface area contributed by atoms with Gasteiger partial charge >= 0.3 is 6.61 Å². The van der Waals surface area contributed by atoms with Crippen LogP contribution in [0.3, 0.4) is 0 Å². The van der Waals surface area contributed by atoms with Crippen LogP contribution in [0.15, 0.2) is 42.5 Å². The van der Waals surface area contributed by atoms with Gasteiger partial charge in [0.2, 0.25) is 5.91 Å². The highest BCUT2D eigenvalue weighted by molar-refractivity contribution is 6.30. The van der Waals surface area contributed by atoms with E-state index in [4.69, 9.17) is 16.3 Å². The molecule has 0 saturated heterocycles. The van der Waals surface area contributed by atoms with Gasteiger partial charge in [-0.25, -0.2) is 4.39 Å². The summed E-state index contributed by atoms with van der Waals surface area (Å²) in [5.74, 6) is -1.27. The van der Waals surface area contributed by atoms with E-state index in [0.717, 1.165) is 12.1 Å². The lowest BCUT2D eigenvalue weighted by atomic mass is 10.2. The Morgan fingerprint density at radius 3 is 2.60 bits per heavy atom. The van der Waals surface area contributed by atoms with Crippen LogP contribution in [0.25, 0.3) is 6.08 Å². The van der Waals surface area contributed by atoms with Gasteiger partial charge < -0.3 is 14.8 Å². The minimum absolute atomic E-state index is 0.0164. The van der Waals surface area contributed by atoms with Crippen molar-refractivity contribution < 1.29 is 27.4 Å². The van der Waals surface area contributed by atoms with Crippen LogP contribution in [0.4, 0.5) is 18.9 Å². The molecule has 0 aliphatic carbocycles. The van der Waals surface area contributed by atoms with E-state index in [1.54, 1.807) is 0 Å². The molecule has 0 bridgehead atoms. The Balaban J connectivity index is 2.08. The maximum absolute atomic E-state index is 13.6. The largest absolute Gasteiger partial charge is 0.493 e. The van der Waals surface area contributed by atoms with E-state index in [2.05, 4.69) is 10.1 Å². The van der Waals surface area contributed by atoms with Crippen molar-refractivity contribution >= 4 is 29.3 Å². The van der Waals surface area contributed by atoms with Gasteiger partial charge in [-0.2, -0.15) is 8.78 Å². The first-order valence-corrected chi connectivity index (χ1v) is 7.34. The molecule has 0 unspecified atom stereocenters. The Hall–Kier alpha value is -2.67. The molecule has 0 spiro atoms. The van der Waals surface area contributed by atoms with Crippen molar-refractivity contribution in [2.75, 3.05) is 12.4 Å². The molecule has 0 radical (unpaired) electrons. The number of hydrogen-bond donors (Lipinski definition) is 1. The molecular weight excluding hydrogens is 359 g/mol. The summed E-state index contributed by atoms with van der Waals surface area (Å²) in [6, 6.07) is 8.03. The Kier molecular flexibility index (Phi) is 6.30.